The first-order valence-electron chi connectivity index (χ1n) is 6.46. The number of nitrogens with zero attached hydrogens (tertiary/aromatic N) is 2. The first-order chi connectivity index (χ1) is 10.3. The second kappa shape index (κ2) is 5.75. The Hall–Kier alpha value is -2.69. The van der Waals surface area contributed by atoms with Crippen molar-refractivity contribution in [2.24, 2.45) is 0 Å². The van der Waals surface area contributed by atoms with Crippen molar-refractivity contribution in [3.63, 3.8) is 0 Å². The molecule has 5 heteroatoms. The van der Waals surface area contributed by atoms with Crippen molar-refractivity contribution in [1.29, 1.82) is 0 Å². The minimum Gasteiger partial charge on any atom is -0.494 e. The van der Waals surface area contributed by atoms with Gasteiger partial charge in [-0.1, -0.05) is 30.3 Å². The first-order valence-corrected chi connectivity index (χ1v) is 6.46. The van der Waals surface area contributed by atoms with Gasteiger partial charge >= 0.3 is 0 Å². The smallest absolute Gasteiger partial charge is 0.247 e. The van der Waals surface area contributed by atoms with Gasteiger partial charge in [-0.2, -0.15) is 0 Å². The normalized spacial score (nSPS) is 10.6. The number of benzene rings is 2. The molecule has 0 N–H and O–H groups in total. The molecular weight excluding hydrogens is 271 g/mol. The van der Waals surface area contributed by atoms with E-state index in [1.165, 1.54) is 19.2 Å². The predicted octanol–water partition coefficient (Wildman–Crippen LogP) is 3.48. The molecule has 0 aliphatic heterocycles. The Balaban J connectivity index is 1.83. The summed E-state index contributed by atoms with van der Waals surface area (Å²) in [5.74, 6) is 0.510. The molecule has 1 heterocycles. The largest absolute Gasteiger partial charge is 0.494 e. The summed E-state index contributed by atoms with van der Waals surface area (Å²) in [6.07, 6.45) is 0.548. The minimum absolute atomic E-state index is 0.183. The average molecular weight is 284 g/mol. The number of hydrogen-bond acceptors (Lipinski definition) is 4. The highest BCUT2D eigenvalue weighted by atomic mass is 19.1. The Morgan fingerprint density at radius 2 is 1.90 bits per heavy atom. The zero-order valence-electron chi connectivity index (χ0n) is 11.4. The van der Waals surface area contributed by atoms with Crippen molar-refractivity contribution in [3.05, 3.63) is 65.8 Å². The Labute approximate surface area is 121 Å². The predicted molar refractivity (Wildman–Crippen MR) is 75.5 cm³/mol. The highest BCUT2D eigenvalue weighted by Crippen LogP contribution is 2.25. The molecule has 3 rings (SSSR count). The van der Waals surface area contributed by atoms with Crippen LogP contribution >= 0.6 is 0 Å². The second-order valence-electron chi connectivity index (χ2n) is 4.51. The maximum Gasteiger partial charge on any atom is 0.247 e. The number of rotatable bonds is 4. The third-order valence-corrected chi connectivity index (χ3v) is 3.06. The molecule has 0 saturated heterocycles. The van der Waals surface area contributed by atoms with E-state index in [-0.39, 0.29) is 5.75 Å². The maximum absolute atomic E-state index is 13.7. The second-order valence-corrected chi connectivity index (χ2v) is 4.51. The van der Waals surface area contributed by atoms with Crippen LogP contribution < -0.4 is 4.74 Å². The quantitative estimate of drug-likeness (QED) is 0.736. The highest BCUT2D eigenvalue weighted by Gasteiger charge is 2.12. The molecular formula is C16H13FN2O2. The maximum atomic E-state index is 13.7. The van der Waals surface area contributed by atoms with Gasteiger partial charge in [0, 0.05) is 5.56 Å². The van der Waals surface area contributed by atoms with E-state index in [1.54, 1.807) is 6.07 Å². The fourth-order valence-electron chi connectivity index (χ4n) is 2.01. The molecule has 0 radical (unpaired) electrons. The summed E-state index contributed by atoms with van der Waals surface area (Å²) in [5.41, 5.74) is 1.61. The van der Waals surface area contributed by atoms with Crippen LogP contribution in [0.5, 0.6) is 5.75 Å². The zero-order valence-corrected chi connectivity index (χ0v) is 11.4. The highest BCUT2D eigenvalue weighted by molar-refractivity contribution is 5.54. The third-order valence-electron chi connectivity index (χ3n) is 3.06. The summed E-state index contributed by atoms with van der Waals surface area (Å²) >= 11 is 0. The van der Waals surface area contributed by atoms with E-state index >= 15 is 0 Å². The van der Waals surface area contributed by atoms with Crippen LogP contribution in [0.15, 0.2) is 52.9 Å². The van der Waals surface area contributed by atoms with E-state index < -0.39 is 5.82 Å². The molecule has 0 atom stereocenters. The molecule has 106 valence electrons. The third kappa shape index (κ3) is 2.91. The van der Waals surface area contributed by atoms with Crippen LogP contribution in [0.2, 0.25) is 0 Å². The van der Waals surface area contributed by atoms with E-state index in [0.29, 0.717) is 23.8 Å². The van der Waals surface area contributed by atoms with Gasteiger partial charge in [-0.25, -0.2) is 4.39 Å². The van der Waals surface area contributed by atoms with Crippen molar-refractivity contribution in [2.45, 2.75) is 6.42 Å². The van der Waals surface area contributed by atoms with Crippen molar-refractivity contribution in [1.82, 2.24) is 10.2 Å². The molecule has 0 fully saturated rings. The molecule has 0 aliphatic carbocycles. The van der Waals surface area contributed by atoms with Gasteiger partial charge in [-0.15, -0.1) is 10.2 Å². The molecule has 0 bridgehead atoms. The van der Waals surface area contributed by atoms with Gasteiger partial charge < -0.3 is 9.15 Å². The molecule has 0 unspecified atom stereocenters. The van der Waals surface area contributed by atoms with Crippen molar-refractivity contribution in [2.75, 3.05) is 7.11 Å². The lowest BCUT2D eigenvalue weighted by Crippen LogP contribution is -1.88. The number of hydrogen-bond donors (Lipinski definition) is 0. The number of aromatic nitrogens is 2. The van der Waals surface area contributed by atoms with Crippen LogP contribution in [-0.2, 0) is 6.42 Å². The molecule has 2 aromatic carbocycles. The lowest BCUT2D eigenvalue weighted by Gasteiger charge is -2.02. The number of methoxy groups -OCH3 is 1. The molecule has 4 nitrogen and oxygen atoms in total. The Kier molecular flexibility index (Phi) is 3.64. The van der Waals surface area contributed by atoms with Crippen LogP contribution in [0.25, 0.3) is 11.5 Å². The zero-order chi connectivity index (χ0) is 14.7. The van der Waals surface area contributed by atoms with E-state index in [9.17, 15) is 4.39 Å². The lowest BCUT2D eigenvalue weighted by molar-refractivity contribution is 0.386. The molecule has 0 spiro atoms. The van der Waals surface area contributed by atoms with Gasteiger partial charge in [0.2, 0.25) is 11.8 Å². The van der Waals surface area contributed by atoms with Crippen molar-refractivity contribution < 1.29 is 13.5 Å². The molecule has 3 aromatic rings. The van der Waals surface area contributed by atoms with Gasteiger partial charge in [0.1, 0.15) is 0 Å². The fourth-order valence-corrected chi connectivity index (χ4v) is 2.01. The fraction of sp³-hybridized carbons (Fsp3) is 0.125. The van der Waals surface area contributed by atoms with Crippen LogP contribution in [0.3, 0.4) is 0 Å². The number of halogens is 1. The molecule has 0 amide bonds. The van der Waals surface area contributed by atoms with Gasteiger partial charge in [0.25, 0.3) is 0 Å². The summed E-state index contributed by atoms with van der Waals surface area (Å²) in [5, 5.41) is 7.94. The minimum atomic E-state index is -0.460. The topological polar surface area (TPSA) is 48.2 Å². The Morgan fingerprint density at radius 1 is 1.10 bits per heavy atom. The van der Waals surface area contributed by atoms with Gasteiger partial charge in [-0.05, 0) is 23.8 Å². The van der Waals surface area contributed by atoms with E-state index in [1.807, 2.05) is 30.3 Å². The van der Waals surface area contributed by atoms with Crippen LogP contribution in [0, 0.1) is 5.82 Å². The van der Waals surface area contributed by atoms with E-state index in [0.717, 1.165) is 5.56 Å². The Bertz CT molecular complexity index is 741. The van der Waals surface area contributed by atoms with Gasteiger partial charge in [-0.3, -0.25) is 0 Å². The first kappa shape index (κ1) is 13.3. The lowest BCUT2D eigenvalue weighted by atomic mass is 10.1. The van der Waals surface area contributed by atoms with E-state index in [2.05, 4.69) is 10.2 Å². The van der Waals surface area contributed by atoms with Crippen molar-refractivity contribution >= 4 is 0 Å². The summed E-state index contributed by atoms with van der Waals surface area (Å²) < 4.78 is 24.1. The van der Waals surface area contributed by atoms with Crippen LogP contribution in [0.4, 0.5) is 4.39 Å². The van der Waals surface area contributed by atoms with Crippen LogP contribution in [-0.4, -0.2) is 17.3 Å². The average Bonchev–Trinajstić information content (AvgIpc) is 2.97. The van der Waals surface area contributed by atoms with Crippen LogP contribution in [0.1, 0.15) is 11.5 Å². The van der Waals surface area contributed by atoms with Gasteiger partial charge in [0.05, 0.1) is 13.5 Å². The summed E-state index contributed by atoms with van der Waals surface area (Å²) in [6.45, 7) is 0. The molecule has 21 heavy (non-hydrogen) atoms. The summed E-state index contributed by atoms with van der Waals surface area (Å²) in [7, 11) is 1.42. The Morgan fingerprint density at radius 3 is 2.62 bits per heavy atom. The SMILES string of the molecule is COc1ccc(-c2nnc(Cc3ccccc3)o2)cc1F. The summed E-state index contributed by atoms with van der Waals surface area (Å²) in [6, 6.07) is 14.3. The number of ether oxygens (including phenoxy) is 1. The molecule has 0 saturated carbocycles. The van der Waals surface area contributed by atoms with E-state index in [4.69, 9.17) is 9.15 Å². The molecule has 0 aliphatic rings. The monoisotopic (exact) mass is 284 g/mol. The summed E-state index contributed by atoms with van der Waals surface area (Å²) in [4.78, 5) is 0. The van der Waals surface area contributed by atoms with Gasteiger partial charge in [0.15, 0.2) is 11.6 Å². The standard InChI is InChI=1S/C16H13FN2O2/c1-20-14-8-7-12(10-13(14)17)16-19-18-15(21-16)9-11-5-3-2-4-6-11/h2-8,10H,9H2,1H3. The molecule has 1 aromatic heterocycles. The van der Waals surface area contributed by atoms with Crippen molar-refractivity contribution in [3.8, 4) is 17.2 Å².